The fourth-order valence-corrected chi connectivity index (χ4v) is 5.79. The molecule has 1 heterocycles. The van der Waals surface area contributed by atoms with Gasteiger partial charge in [0.15, 0.2) is 10.2 Å². The summed E-state index contributed by atoms with van der Waals surface area (Å²) < 4.78 is 18.6. The van der Waals surface area contributed by atoms with Crippen molar-refractivity contribution in [3.8, 4) is 0 Å². The zero-order valence-electron chi connectivity index (χ0n) is 26.7. The number of carbonyl (C=O) groups is 8. The van der Waals surface area contributed by atoms with Crippen molar-refractivity contribution in [2.75, 3.05) is 79.2 Å². The first-order valence-electron chi connectivity index (χ1n) is 14.6. The Hall–Kier alpha value is -3.22. The lowest BCUT2D eigenvalue weighted by Gasteiger charge is -2.29. The topological polar surface area (TPSA) is 204 Å². The zero-order chi connectivity index (χ0) is 34.5. The molecule has 0 saturated carbocycles. The summed E-state index contributed by atoms with van der Waals surface area (Å²) in [6.45, 7) is 2.04. The van der Waals surface area contributed by atoms with Crippen molar-refractivity contribution in [2.24, 2.45) is 0 Å². The van der Waals surface area contributed by atoms with Gasteiger partial charge in [0, 0.05) is 63.6 Å². The Balaban J connectivity index is 2.50. The van der Waals surface area contributed by atoms with Crippen LogP contribution in [-0.2, 0) is 57.3 Å². The van der Waals surface area contributed by atoms with Crippen LogP contribution in [0.1, 0.15) is 38.5 Å². The molecule has 2 N–H and O–H groups in total. The summed E-state index contributed by atoms with van der Waals surface area (Å²) in [5, 5.41) is 4.35. The summed E-state index contributed by atoms with van der Waals surface area (Å²) in [5.74, 6) is -2.14. The fourth-order valence-electron chi connectivity index (χ4n) is 4.07. The Kier molecular flexibility index (Phi) is 20.5. The molecule has 0 aromatic carbocycles. The first kappa shape index (κ1) is 40.8. The first-order chi connectivity index (χ1) is 21.9. The van der Waals surface area contributed by atoms with Crippen LogP contribution in [0, 0.1) is 0 Å². The average Bonchev–Trinajstić information content (AvgIpc) is 3.04. The molecule has 2 atom stereocenters. The maximum absolute atomic E-state index is 12.6. The van der Waals surface area contributed by atoms with Gasteiger partial charge in [-0.15, -0.1) is 0 Å². The van der Waals surface area contributed by atoms with Gasteiger partial charge in [-0.05, 0) is 0 Å². The third-order valence-electron chi connectivity index (χ3n) is 6.79. The lowest BCUT2D eigenvalue weighted by molar-refractivity contribution is -0.142. The van der Waals surface area contributed by atoms with E-state index in [2.05, 4.69) is 29.6 Å². The molecule has 260 valence electrons. The van der Waals surface area contributed by atoms with E-state index in [9.17, 15) is 38.4 Å². The second kappa shape index (κ2) is 23.2. The van der Waals surface area contributed by atoms with Gasteiger partial charge in [0.25, 0.3) is 0 Å². The van der Waals surface area contributed by atoms with Crippen molar-refractivity contribution < 1.29 is 57.3 Å². The van der Waals surface area contributed by atoms with E-state index in [0.29, 0.717) is 50.8 Å². The molecule has 1 rings (SSSR count). The SMILES string of the molecule is COC(=O)CCN(CCSC(=O)CC1NC(=O)C(CC(=O)SCCN(CCC(=O)OC)CCC(=O)OC)NC1=O)CCC(=O)OC. The van der Waals surface area contributed by atoms with Crippen molar-refractivity contribution in [3.63, 3.8) is 0 Å². The molecule has 0 aliphatic carbocycles. The highest BCUT2D eigenvalue weighted by Crippen LogP contribution is 2.15. The number of amides is 2. The van der Waals surface area contributed by atoms with Gasteiger partial charge < -0.3 is 39.4 Å². The number of piperazine rings is 1. The van der Waals surface area contributed by atoms with Crippen LogP contribution < -0.4 is 10.6 Å². The number of methoxy groups -OCH3 is 4. The molecular formula is C28H44N4O12S2. The van der Waals surface area contributed by atoms with Crippen LogP contribution in [0.5, 0.6) is 0 Å². The maximum Gasteiger partial charge on any atom is 0.306 e. The highest BCUT2D eigenvalue weighted by Gasteiger charge is 2.36. The van der Waals surface area contributed by atoms with E-state index in [4.69, 9.17) is 0 Å². The highest BCUT2D eigenvalue weighted by molar-refractivity contribution is 8.13. The van der Waals surface area contributed by atoms with Gasteiger partial charge in [0.05, 0.1) is 54.1 Å². The van der Waals surface area contributed by atoms with Crippen LogP contribution in [0.15, 0.2) is 0 Å². The van der Waals surface area contributed by atoms with Gasteiger partial charge in [0.1, 0.15) is 12.1 Å². The number of esters is 4. The minimum atomic E-state index is -1.08. The number of thioether (sulfide) groups is 2. The van der Waals surface area contributed by atoms with Crippen LogP contribution >= 0.6 is 23.5 Å². The first-order valence-corrected chi connectivity index (χ1v) is 16.5. The van der Waals surface area contributed by atoms with Crippen molar-refractivity contribution in [1.29, 1.82) is 0 Å². The standard InChI is InChI=1S/C28H44N4O12S2/c1-41-21(33)5-9-31(10-6-22(34)42-2)13-15-45-25(37)17-19-27(39)30-20(28(40)29-19)18-26(38)46-16-14-32(11-7-23(35)43-3)12-8-24(36)44-4/h19-20H,5-18H2,1-4H3,(H,29,40)(H,30,39). The second-order valence-electron chi connectivity index (χ2n) is 9.96. The third-order valence-corrected chi connectivity index (χ3v) is 8.54. The molecule has 0 spiro atoms. The summed E-state index contributed by atoms with van der Waals surface area (Å²) in [5.41, 5.74) is 0. The fraction of sp³-hybridized carbons (Fsp3) is 0.714. The minimum absolute atomic E-state index is 0.110. The minimum Gasteiger partial charge on any atom is -0.469 e. The summed E-state index contributed by atoms with van der Waals surface area (Å²) in [7, 11) is 5.11. The van der Waals surface area contributed by atoms with Crippen molar-refractivity contribution >= 4 is 69.4 Å². The van der Waals surface area contributed by atoms with Crippen LogP contribution in [0.3, 0.4) is 0 Å². The Morgan fingerprint density at radius 2 is 0.826 bits per heavy atom. The predicted octanol–water partition coefficient (Wildman–Crippen LogP) is -0.874. The molecule has 0 aromatic rings. The Morgan fingerprint density at radius 3 is 1.09 bits per heavy atom. The quantitative estimate of drug-likeness (QED) is 0.105. The molecule has 0 aromatic heterocycles. The molecule has 18 heteroatoms. The Bertz CT molecular complexity index is 955. The summed E-state index contributed by atoms with van der Waals surface area (Å²) in [6.07, 6.45) is -0.0684. The van der Waals surface area contributed by atoms with Crippen LogP contribution in [0.4, 0.5) is 0 Å². The number of rotatable bonds is 22. The van der Waals surface area contributed by atoms with Crippen molar-refractivity contribution in [3.05, 3.63) is 0 Å². The van der Waals surface area contributed by atoms with Crippen LogP contribution in [0.2, 0.25) is 0 Å². The summed E-state index contributed by atoms with van der Waals surface area (Å²) in [4.78, 5) is 100. The average molecular weight is 693 g/mol. The largest absolute Gasteiger partial charge is 0.469 e. The lowest BCUT2D eigenvalue weighted by atomic mass is 10.1. The second-order valence-corrected chi connectivity index (χ2v) is 12.3. The number of nitrogens with zero attached hydrogens (tertiary/aromatic N) is 2. The van der Waals surface area contributed by atoms with E-state index >= 15 is 0 Å². The van der Waals surface area contributed by atoms with E-state index < -0.39 is 47.8 Å². The van der Waals surface area contributed by atoms with Gasteiger partial charge in [0.2, 0.25) is 11.8 Å². The number of carbonyl (C=O) groups excluding carboxylic acids is 8. The van der Waals surface area contributed by atoms with Crippen molar-refractivity contribution in [2.45, 2.75) is 50.6 Å². The van der Waals surface area contributed by atoms with Crippen LogP contribution in [0.25, 0.3) is 0 Å². The van der Waals surface area contributed by atoms with E-state index in [0.717, 1.165) is 23.5 Å². The van der Waals surface area contributed by atoms with Gasteiger partial charge in [-0.1, -0.05) is 23.5 Å². The number of ether oxygens (including phenoxy) is 4. The summed E-state index contributed by atoms with van der Waals surface area (Å²) in [6, 6.07) is -2.17. The molecule has 1 aliphatic rings. The van der Waals surface area contributed by atoms with E-state index in [1.165, 1.54) is 28.4 Å². The molecule has 1 saturated heterocycles. The zero-order valence-corrected chi connectivity index (χ0v) is 28.3. The predicted molar refractivity (Wildman–Crippen MR) is 167 cm³/mol. The monoisotopic (exact) mass is 692 g/mol. The smallest absolute Gasteiger partial charge is 0.306 e. The van der Waals surface area contributed by atoms with Gasteiger partial charge in [-0.25, -0.2) is 0 Å². The molecule has 2 amide bonds. The molecule has 1 fully saturated rings. The van der Waals surface area contributed by atoms with Gasteiger partial charge in [-0.2, -0.15) is 0 Å². The van der Waals surface area contributed by atoms with Gasteiger partial charge in [-0.3, -0.25) is 38.4 Å². The maximum atomic E-state index is 12.6. The normalized spacial score (nSPS) is 16.0. The molecule has 46 heavy (non-hydrogen) atoms. The summed E-state index contributed by atoms with van der Waals surface area (Å²) >= 11 is 1.92. The molecule has 16 nitrogen and oxygen atoms in total. The molecule has 1 aliphatic heterocycles. The highest BCUT2D eigenvalue weighted by atomic mass is 32.2. The molecule has 0 radical (unpaired) electrons. The Morgan fingerprint density at radius 1 is 0.543 bits per heavy atom. The van der Waals surface area contributed by atoms with Crippen LogP contribution in [-0.4, -0.2) is 147 Å². The third kappa shape index (κ3) is 17.5. The number of hydrogen-bond donors (Lipinski definition) is 2. The number of nitrogens with one attached hydrogen (secondary N) is 2. The Labute approximate surface area is 276 Å². The van der Waals surface area contributed by atoms with Gasteiger partial charge >= 0.3 is 23.9 Å². The van der Waals surface area contributed by atoms with E-state index in [1.807, 2.05) is 9.80 Å². The molecule has 2 unspecified atom stereocenters. The molecular weight excluding hydrogens is 648 g/mol. The number of hydrogen-bond acceptors (Lipinski definition) is 16. The lowest BCUT2D eigenvalue weighted by Crippen LogP contribution is -2.62. The molecule has 0 bridgehead atoms. The van der Waals surface area contributed by atoms with E-state index in [-0.39, 0.29) is 48.8 Å². The van der Waals surface area contributed by atoms with Crippen molar-refractivity contribution in [1.82, 2.24) is 20.4 Å². The van der Waals surface area contributed by atoms with E-state index in [1.54, 1.807) is 0 Å².